The predicted molar refractivity (Wildman–Crippen MR) is 85.2 cm³/mol. The fourth-order valence-electron chi connectivity index (χ4n) is 1.56. The van der Waals surface area contributed by atoms with Crippen LogP contribution in [0.4, 0.5) is 0 Å². The molecule has 4 N–H and O–H groups in total. The van der Waals surface area contributed by atoms with E-state index in [1.807, 2.05) is 0 Å². The molecule has 0 saturated heterocycles. The summed E-state index contributed by atoms with van der Waals surface area (Å²) in [4.78, 5) is 37.8. The normalized spacial score (nSPS) is 12.8. The van der Waals surface area contributed by atoms with Gasteiger partial charge in [-0.3, -0.25) is 19.5 Å². The summed E-state index contributed by atoms with van der Waals surface area (Å²) >= 11 is 1.84. The van der Waals surface area contributed by atoms with Crippen LogP contribution in [0, 0.1) is 0 Å². The molecule has 0 amide bonds. The van der Waals surface area contributed by atoms with Crippen molar-refractivity contribution in [3.63, 3.8) is 0 Å². The fourth-order valence-corrected chi connectivity index (χ4v) is 3.02. The highest BCUT2D eigenvalue weighted by Crippen LogP contribution is 2.23. The van der Waals surface area contributed by atoms with Crippen molar-refractivity contribution in [3.05, 3.63) is 34.3 Å². The summed E-state index contributed by atoms with van der Waals surface area (Å²) < 4.78 is 0. The number of hydrogen-bond donors (Lipinski definition) is 4. The standard InChI is InChI=1S/C13H11N3O6S2/c17-6(8-2-1-3-23-8)4-7(18)11-14-13(16-15-11)24-9(12(21)22)5-10(19)20/h1-4,9,18H,5H2,(H,19,20)(H,21,22)(H,14,15,16)/b7-4-. The zero-order chi connectivity index (χ0) is 17.7. The summed E-state index contributed by atoms with van der Waals surface area (Å²) in [6.45, 7) is 0. The van der Waals surface area contributed by atoms with Crippen LogP contribution in [0.25, 0.3) is 5.76 Å². The van der Waals surface area contributed by atoms with Gasteiger partial charge in [0.1, 0.15) is 5.25 Å². The zero-order valence-corrected chi connectivity index (χ0v) is 13.5. The smallest absolute Gasteiger partial charge is 0.317 e. The van der Waals surface area contributed by atoms with E-state index in [0.717, 1.165) is 6.08 Å². The highest BCUT2D eigenvalue weighted by Gasteiger charge is 2.24. The van der Waals surface area contributed by atoms with Gasteiger partial charge in [-0.2, -0.15) is 4.98 Å². The van der Waals surface area contributed by atoms with Crippen LogP contribution < -0.4 is 0 Å². The van der Waals surface area contributed by atoms with E-state index >= 15 is 0 Å². The maximum absolute atomic E-state index is 11.8. The van der Waals surface area contributed by atoms with Crippen LogP contribution in [-0.4, -0.2) is 53.5 Å². The molecule has 0 bridgehead atoms. The Kier molecular flexibility index (Phi) is 5.71. The molecule has 0 aliphatic carbocycles. The molecular formula is C13H11N3O6S2. The highest BCUT2D eigenvalue weighted by atomic mass is 32.2. The number of carbonyl (C=O) groups is 3. The Morgan fingerprint density at radius 1 is 1.33 bits per heavy atom. The molecule has 0 aliphatic rings. The highest BCUT2D eigenvalue weighted by molar-refractivity contribution is 8.00. The third-order valence-corrected chi connectivity index (χ3v) is 4.55. The maximum Gasteiger partial charge on any atom is 0.317 e. The molecule has 0 radical (unpaired) electrons. The summed E-state index contributed by atoms with van der Waals surface area (Å²) in [5.74, 6) is -3.58. The molecule has 0 spiro atoms. The molecule has 0 saturated carbocycles. The summed E-state index contributed by atoms with van der Waals surface area (Å²) in [5.41, 5.74) is 0. The Balaban J connectivity index is 2.10. The molecule has 9 nitrogen and oxygen atoms in total. The van der Waals surface area contributed by atoms with Crippen molar-refractivity contribution in [2.24, 2.45) is 0 Å². The van der Waals surface area contributed by atoms with Gasteiger partial charge in [-0.15, -0.1) is 16.4 Å². The van der Waals surface area contributed by atoms with E-state index in [1.54, 1.807) is 17.5 Å². The maximum atomic E-state index is 11.8. The minimum Gasteiger partial charge on any atom is -0.504 e. The number of carboxylic acids is 2. The number of nitrogens with one attached hydrogen (secondary N) is 1. The van der Waals surface area contributed by atoms with E-state index in [1.165, 1.54) is 11.3 Å². The van der Waals surface area contributed by atoms with Gasteiger partial charge in [0.05, 0.1) is 11.3 Å². The number of aliphatic hydroxyl groups excluding tert-OH is 1. The van der Waals surface area contributed by atoms with Crippen LogP contribution in [0.2, 0.25) is 0 Å². The number of carboxylic acid groups (broad SMARTS) is 2. The molecule has 24 heavy (non-hydrogen) atoms. The summed E-state index contributed by atoms with van der Waals surface area (Å²) in [7, 11) is 0. The number of hydrogen-bond acceptors (Lipinski definition) is 8. The van der Waals surface area contributed by atoms with E-state index in [-0.39, 0.29) is 11.0 Å². The number of allylic oxidation sites excluding steroid dienone is 1. The molecule has 1 atom stereocenters. The van der Waals surface area contributed by atoms with Crippen molar-refractivity contribution in [1.82, 2.24) is 15.2 Å². The number of thiophene rings is 1. The van der Waals surface area contributed by atoms with Gasteiger partial charge in [0.15, 0.2) is 17.4 Å². The number of carbonyl (C=O) groups excluding carboxylic acids is 1. The second kappa shape index (κ2) is 7.75. The van der Waals surface area contributed by atoms with Crippen LogP contribution in [0.15, 0.2) is 28.7 Å². The lowest BCUT2D eigenvalue weighted by atomic mass is 10.3. The monoisotopic (exact) mass is 369 g/mol. The van der Waals surface area contributed by atoms with Crippen molar-refractivity contribution < 1.29 is 29.7 Å². The van der Waals surface area contributed by atoms with Crippen molar-refractivity contribution in [2.45, 2.75) is 16.8 Å². The molecule has 2 heterocycles. The van der Waals surface area contributed by atoms with Crippen LogP contribution in [0.3, 0.4) is 0 Å². The van der Waals surface area contributed by atoms with Gasteiger partial charge in [-0.05, 0) is 11.4 Å². The molecular weight excluding hydrogens is 358 g/mol. The van der Waals surface area contributed by atoms with Gasteiger partial charge >= 0.3 is 11.9 Å². The number of aliphatic hydroxyl groups is 1. The SMILES string of the molecule is O=C(O)CC(Sc1n[nH]c(/C(O)=C/C(=O)c2cccs2)n1)C(=O)O. The van der Waals surface area contributed by atoms with Crippen LogP contribution in [0.1, 0.15) is 21.9 Å². The molecule has 2 aromatic heterocycles. The van der Waals surface area contributed by atoms with Gasteiger partial charge < -0.3 is 15.3 Å². The Morgan fingerprint density at radius 3 is 2.67 bits per heavy atom. The van der Waals surface area contributed by atoms with E-state index < -0.39 is 35.2 Å². The molecule has 0 aromatic carbocycles. The number of nitrogens with zero attached hydrogens (tertiary/aromatic N) is 2. The quantitative estimate of drug-likeness (QED) is 0.235. The van der Waals surface area contributed by atoms with Gasteiger partial charge in [-0.1, -0.05) is 17.8 Å². The van der Waals surface area contributed by atoms with E-state index in [9.17, 15) is 19.5 Å². The Bertz CT molecular complexity index is 783. The van der Waals surface area contributed by atoms with Crippen molar-refractivity contribution in [3.8, 4) is 0 Å². The van der Waals surface area contributed by atoms with E-state index in [0.29, 0.717) is 16.6 Å². The average molecular weight is 369 g/mol. The minimum absolute atomic E-state index is 0.0535. The number of thioether (sulfide) groups is 1. The second-order valence-corrected chi connectivity index (χ2v) is 6.50. The van der Waals surface area contributed by atoms with Gasteiger partial charge in [-0.25, -0.2) is 0 Å². The number of aromatic nitrogens is 3. The molecule has 126 valence electrons. The third kappa shape index (κ3) is 4.67. The van der Waals surface area contributed by atoms with Gasteiger partial charge in [0.25, 0.3) is 0 Å². The molecule has 2 aromatic rings. The minimum atomic E-state index is -1.32. The average Bonchev–Trinajstić information content (AvgIpc) is 3.17. The van der Waals surface area contributed by atoms with Gasteiger partial charge in [0.2, 0.25) is 5.16 Å². The number of aromatic amines is 1. The van der Waals surface area contributed by atoms with Gasteiger partial charge in [0, 0.05) is 6.08 Å². The lowest BCUT2D eigenvalue weighted by Gasteiger charge is -2.05. The number of H-pyrrole nitrogens is 1. The van der Waals surface area contributed by atoms with Crippen molar-refractivity contribution in [1.29, 1.82) is 0 Å². The molecule has 11 heteroatoms. The van der Waals surface area contributed by atoms with Crippen molar-refractivity contribution >= 4 is 46.6 Å². The Hall–Kier alpha value is -2.66. The lowest BCUT2D eigenvalue weighted by molar-refractivity contribution is -0.142. The van der Waals surface area contributed by atoms with Crippen LogP contribution >= 0.6 is 23.1 Å². The summed E-state index contributed by atoms with van der Waals surface area (Å²) in [5, 5.41) is 34.0. The Morgan fingerprint density at radius 2 is 2.08 bits per heavy atom. The van der Waals surface area contributed by atoms with Crippen LogP contribution in [0.5, 0.6) is 0 Å². The molecule has 0 fully saturated rings. The summed E-state index contributed by atoms with van der Waals surface area (Å²) in [6.07, 6.45) is 0.356. The Labute approximate surface area is 143 Å². The molecule has 2 rings (SSSR count). The summed E-state index contributed by atoms with van der Waals surface area (Å²) in [6, 6.07) is 3.29. The fraction of sp³-hybridized carbons (Fsp3) is 0.154. The van der Waals surface area contributed by atoms with Crippen LogP contribution in [-0.2, 0) is 9.59 Å². The molecule has 0 aliphatic heterocycles. The predicted octanol–water partition coefficient (Wildman–Crippen LogP) is 1.67. The third-order valence-electron chi connectivity index (χ3n) is 2.62. The second-order valence-electron chi connectivity index (χ2n) is 4.38. The van der Waals surface area contributed by atoms with Crippen molar-refractivity contribution in [2.75, 3.05) is 0 Å². The first kappa shape index (κ1) is 17.7. The lowest BCUT2D eigenvalue weighted by Crippen LogP contribution is -2.20. The topological polar surface area (TPSA) is 153 Å². The first-order valence-electron chi connectivity index (χ1n) is 6.39. The number of rotatable bonds is 8. The number of aliphatic carboxylic acids is 2. The largest absolute Gasteiger partial charge is 0.504 e. The zero-order valence-electron chi connectivity index (χ0n) is 11.9. The van der Waals surface area contributed by atoms with E-state index in [4.69, 9.17) is 10.2 Å². The molecule has 1 unspecified atom stereocenters. The number of ketones is 1. The first-order valence-corrected chi connectivity index (χ1v) is 8.15. The first-order chi connectivity index (χ1) is 11.4. The van der Waals surface area contributed by atoms with E-state index in [2.05, 4.69) is 15.2 Å².